The molecule has 0 fully saturated rings. The predicted molar refractivity (Wildman–Crippen MR) is 97.7 cm³/mol. The summed E-state index contributed by atoms with van der Waals surface area (Å²) >= 11 is 2.33. The fourth-order valence-electron chi connectivity index (χ4n) is 2.95. The minimum absolute atomic E-state index is 0.891. The molecule has 0 saturated carbocycles. The average Bonchev–Trinajstić information content (AvgIpc) is 3.13. The Labute approximate surface area is 143 Å². The first-order valence-corrected chi connectivity index (χ1v) is 8.53. The Bertz CT molecular complexity index is 791. The van der Waals surface area contributed by atoms with Gasteiger partial charge in [-0.05, 0) is 58.8 Å². The van der Waals surface area contributed by atoms with Gasteiger partial charge in [0.2, 0.25) is 0 Å². The van der Waals surface area contributed by atoms with Crippen molar-refractivity contribution < 1.29 is 0 Å². The SMILES string of the molecule is Ic1ccc(-n2nc(Cc3ccccc3)c3c2NCC3)cc1. The van der Waals surface area contributed by atoms with E-state index in [0.29, 0.717) is 0 Å². The zero-order valence-electron chi connectivity index (χ0n) is 12.1. The molecule has 0 saturated heterocycles. The second kappa shape index (κ2) is 5.76. The molecule has 0 aliphatic carbocycles. The molecule has 0 amide bonds. The van der Waals surface area contributed by atoms with Crippen LogP contribution in [-0.2, 0) is 12.8 Å². The van der Waals surface area contributed by atoms with E-state index in [1.165, 1.54) is 20.4 Å². The normalized spacial score (nSPS) is 13.0. The van der Waals surface area contributed by atoms with Crippen LogP contribution in [0, 0.1) is 3.57 Å². The van der Waals surface area contributed by atoms with Crippen LogP contribution in [0.3, 0.4) is 0 Å². The lowest BCUT2D eigenvalue weighted by molar-refractivity contribution is 0.839. The smallest absolute Gasteiger partial charge is 0.133 e. The molecule has 1 aliphatic heterocycles. The molecule has 2 heterocycles. The van der Waals surface area contributed by atoms with Crippen LogP contribution in [0.1, 0.15) is 16.8 Å². The lowest BCUT2D eigenvalue weighted by atomic mass is 10.1. The lowest BCUT2D eigenvalue weighted by Gasteiger charge is -2.06. The number of hydrogen-bond donors (Lipinski definition) is 1. The largest absolute Gasteiger partial charge is 0.369 e. The Hall–Kier alpha value is -1.82. The second-order valence-electron chi connectivity index (χ2n) is 5.50. The zero-order valence-corrected chi connectivity index (χ0v) is 14.2. The summed E-state index contributed by atoms with van der Waals surface area (Å²) in [6.07, 6.45) is 1.95. The summed E-state index contributed by atoms with van der Waals surface area (Å²) in [5.41, 5.74) is 4.97. The van der Waals surface area contributed by atoms with Crippen molar-refractivity contribution in [2.45, 2.75) is 12.8 Å². The maximum atomic E-state index is 4.88. The summed E-state index contributed by atoms with van der Waals surface area (Å²) in [5.74, 6) is 1.16. The predicted octanol–water partition coefficient (Wildman–Crippen LogP) is 4.04. The highest BCUT2D eigenvalue weighted by molar-refractivity contribution is 14.1. The quantitative estimate of drug-likeness (QED) is 0.672. The van der Waals surface area contributed by atoms with Gasteiger partial charge in [-0.3, -0.25) is 0 Å². The Morgan fingerprint density at radius 1 is 1.05 bits per heavy atom. The third kappa shape index (κ3) is 2.52. The van der Waals surface area contributed by atoms with E-state index in [1.807, 2.05) is 0 Å². The molecule has 0 spiro atoms. The summed E-state index contributed by atoms with van der Waals surface area (Å²) in [4.78, 5) is 0. The van der Waals surface area contributed by atoms with Gasteiger partial charge in [0.05, 0.1) is 11.4 Å². The van der Waals surface area contributed by atoms with Crippen LogP contribution in [-0.4, -0.2) is 16.3 Å². The molecule has 0 bridgehead atoms. The van der Waals surface area contributed by atoms with E-state index in [-0.39, 0.29) is 0 Å². The van der Waals surface area contributed by atoms with Crippen LogP contribution >= 0.6 is 22.6 Å². The fraction of sp³-hybridized carbons (Fsp3) is 0.167. The van der Waals surface area contributed by atoms with Crippen molar-refractivity contribution in [2.24, 2.45) is 0 Å². The number of benzene rings is 2. The number of hydrogen-bond acceptors (Lipinski definition) is 2. The van der Waals surface area contributed by atoms with Crippen molar-refractivity contribution in [3.63, 3.8) is 0 Å². The second-order valence-corrected chi connectivity index (χ2v) is 6.75. The van der Waals surface area contributed by atoms with Gasteiger partial charge in [-0.2, -0.15) is 5.10 Å². The number of rotatable bonds is 3. The maximum absolute atomic E-state index is 4.88. The Balaban J connectivity index is 1.75. The number of nitrogens with one attached hydrogen (secondary N) is 1. The number of anilines is 1. The van der Waals surface area contributed by atoms with Gasteiger partial charge in [-0.1, -0.05) is 30.3 Å². The first-order chi connectivity index (χ1) is 10.8. The number of nitrogens with zero attached hydrogens (tertiary/aromatic N) is 2. The van der Waals surface area contributed by atoms with Gasteiger partial charge in [0.25, 0.3) is 0 Å². The van der Waals surface area contributed by atoms with Crippen molar-refractivity contribution in [1.82, 2.24) is 9.78 Å². The third-order valence-corrected chi connectivity index (χ3v) is 4.74. The molecule has 1 aliphatic rings. The van der Waals surface area contributed by atoms with E-state index in [0.717, 1.165) is 30.9 Å². The highest BCUT2D eigenvalue weighted by atomic mass is 127. The third-order valence-electron chi connectivity index (χ3n) is 4.02. The molecular formula is C18H16IN3. The molecule has 0 unspecified atom stereocenters. The van der Waals surface area contributed by atoms with Gasteiger partial charge in [0, 0.05) is 22.1 Å². The van der Waals surface area contributed by atoms with Crippen LogP contribution in [0.15, 0.2) is 54.6 Å². The van der Waals surface area contributed by atoms with E-state index < -0.39 is 0 Å². The Kier molecular flexibility index (Phi) is 3.62. The molecule has 0 radical (unpaired) electrons. The first-order valence-electron chi connectivity index (χ1n) is 7.46. The lowest BCUT2D eigenvalue weighted by Crippen LogP contribution is -2.05. The van der Waals surface area contributed by atoms with Gasteiger partial charge in [-0.25, -0.2) is 4.68 Å². The van der Waals surface area contributed by atoms with E-state index in [2.05, 4.69) is 87.2 Å². The summed E-state index contributed by atoms with van der Waals surface area (Å²) < 4.78 is 3.29. The summed E-state index contributed by atoms with van der Waals surface area (Å²) in [6, 6.07) is 19.1. The minimum atomic E-state index is 0.891. The molecular weight excluding hydrogens is 385 g/mol. The van der Waals surface area contributed by atoms with Gasteiger partial charge in [0.1, 0.15) is 5.82 Å². The Morgan fingerprint density at radius 2 is 1.82 bits per heavy atom. The zero-order chi connectivity index (χ0) is 14.9. The van der Waals surface area contributed by atoms with Crippen LogP contribution in [0.4, 0.5) is 5.82 Å². The maximum Gasteiger partial charge on any atom is 0.133 e. The standard InChI is InChI=1S/C18H16IN3/c19-14-6-8-15(9-7-14)22-18-16(10-11-20-18)17(21-22)12-13-4-2-1-3-5-13/h1-9,20H,10-12H2. The monoisotopic (exact) mass is 401 g/mol. The van der Waals surface area contributed by atoms with Gasteiger partial charge >= 0.3 is 0 Å². The van der Waals surface area contributed by atoms with E-state index in [4.69, 9.17) is 5.10 Å². The highest BCUT2D eigenvalue weighted by Gasteiger charge is 2.22. The highest BCUT2D eigenvalue weighted by Crippen LogP contribution is 2.30. The van der Waals surface area contributed by atoms with Crippen molar-refractivity contribution in [3.05, 3.63) is 75.0 Å². The molecule has 4 heteroatoms. The van der Waals surface area contributed by atoms with E-state index >= 15 is 0 Å². The number of fused-ring (bicyclic) bond motifs is 1. The molecule has 2 aromatic carbocycles. The average molecular weight is 401 g/mol. The van der Waals surface area contributed by atoms with Crippen molar-refractivity contribution in [2.75, 3.05) is 11.9 Å². The first kappa shape index (κ1) is 13.8. The van der Waals surface area contributed by atoms with Crippen molar-refractivity contribution in [3.8, 4) is 5.69 Å². The van der Waals surface area contributed by atoms with Crippen LogP contribution < -0.4 is 5.32 Å². The summed E-state index contributed by atoms with van der Waals surface area (Å²) in [7, 11) is 0. The van der Waals surface area contributed by atoms with Gasteiger partial charge in [0.15, 0.2) is 0 Å². The molecule has 1 aromatic heterocycles. The van der Waals surface area contributed by atoms with E-state index in [1.54, 1.807) is 0 Å². The van der Waals surface area contributed by atoms with Crippen LogP contribution in [0.25, 0.3) is 5.69 Å². The molecule has 3 aromatic rings. The molecule has 22 heavy (non-hydrogen) atoms. The fourth-order valence-corrected chi connectivity index (χ4v) is 3.31. The Morgan fingerprint density at radius 3 is 2.59 bits per heavy atom. The number of halogens is 1. The van der Waals surface area contributed by atoms with Crippen LogP contribution in [0.5, 0.6) is 0 Å². The molecule has 4 rings (SSSR count). The van der Waals surface area contributed by atoms with Crippen LogP contribution in [0.2, 0.25) is 0 Å². The molecule has 0 atom stereocenters. The van der Waals surface area contributed by atoms with Gasteiger partial charge in [-0.15, -0.1) is 0 Å². The topological polar surface area (TPSA) is 29.9 Å². The summed E-state index contributed by atoms with van der Waals surface area (Å²) in [5, 5.41) is 8.37. The van der Waals surface area contributed by atoms with Crippen molar-refractivity contribution >= 4 is 28.4 Å². The molecule has 3 nitrogen and oxygen atoms in total. The van der Waals surface area contributed by atoms with E-state index in [9.17, 15) is 0 Å². The summed E-state index contributed by atoms with van der Waals surface area (Å²) in [6.45, 7) is 0.999. The minimum Gasteiger partial charge on any atom is -0.369 e. The molecule has 110 valence electrons. The van der Waals surface area contributed by atoms with Gasteiger partial charge < -0.3 is 5.32 Å². The number of aromatic nitrogens is 2. The molecule has 1 N–H and O–H groups in total. The van der Waals surface area contributed by atoms with Crippen molar-refractivity contribution in [1.29, 1.82) is 0 Å².